The summed E-state index contributed by atoms with van der Waals surface area (Å²) < 4.78 is 39.9. The number of carbonyl (C=O) groups excluding carboxylic acids is 2. The molecule has 130 valence electrons. The van der Waals surface area contributed by atoms with E-state index in [0.29, 0.717) is 17.9 Å². The van der Waals surface area contributed by atoms with Crippen LogP contribution in [-0.2, 0) is 30.8 Å². The molecule has 3 rings (SSSR count). The SMILES string of the molecule is O=C(OCc1ccccc1)C1CC[C@@H]2CN1C(=O)N2OS(=O)(=O)O. The first-order chi connectivity index (χ1) is 11.3. The fourth-order valence-corrected chi connectivity index (χ4v) is 3.29. The molecule has 24 heavy (non-hydrogen) atoms. The fourth-order valence-electron chi connectivity index (χ4n) is 2.90. The third-order valence-electron chi connectivity index (χ3n) is 3.99. The molecule has 2 bridgehead atoms. The Hall–Kier alpha value is -2.17. The van der Waals surface area contributed by atoms with Crippen molar-refractivity contribution < 1.29 is 31.6 Å². The quantitative estimate of drug-likeness (QED) is 0.611. The van der Waals surface area contributed by atoms with E-state index in [1.165, 1.54) is 4.90 Å². The van der Waals surface area contributed by atoms with Crippen LogP contribution in [0.15, 0.2) is 30.3 Å². The summed E-state index contributed by atoms with van der Waals surface area (Å²) in [6, 6.07) is 7.01. The molecule has 0 aliphatic carbocycles. The molecule has 0 spiro atoms. The van der Waals surface area contributed by atoms with Gasteiger partial charge in [0.1, 0.15) is 12.6 Å². The lowest BCUT2D eigenvalue weighted by molar-refractivity contribution is -0.151. The third-order valence-corrected chi connectivity index (χ3v) is 4.34. The van der Waals surface area contributed by atoms with Crippen LogP contribution in [0.25, 0.3) is 0 Å². The predicted octanol–water partition coefficient (Wildman–Crippen LogP) is 0.733. The lowest BCUT2D eigenvalue weighted by Gasteiger charge is -2.28. The zero-order chi connectivity index (χ0) is 17.3. The van der Waals surface area contributed by atoms with Crippen molar-refractivity contribution in [2.45, 2.75) is 31.5 Å². The molecule has 2 aliphatic rings. The number of piperidine rings is 1. The number of rotatable bonds is 5. The Morgan fingerprint density at radius 1 is 1.25 bits per heavy atom. The number of fused-ring (bicyclic) bond motifs is 2. The van der Waals surface area contributed by atoms with Crippen molar-refractivity contribution in [1.82, 2.24) is 9.96 Å². The minimum absolute atomic E-state index is 0.0901. The van der Waals surface area contributed by atoms with Crippen LogP contribution < -0.4 is 0 Å². The highest BCUT2D eigenvalue weighted by Crippen LogP contribution is 2.31. The van der Waals surface area contributed by atoms with E-state index in [0.717, 1.165) is 5.56 Å². The molecule has 10 heteroatoms. The molecule has 0 saturated carbocycles. The molecular formula is C14H16N2O7S. The van der Waals surface area contributed by atoms with E-state index in [-0.39, 0.29) is 13.2 Å². The molecule has 2 atom stereocenters. The van der Waals surface area contributed by atoms with Crippen LogP contribution in [0.5, 0.6) is 0 Å². The van der Waals surface area contributed by atoms with Crippen molar-refractivity contribution in [3.8, 4) is 0 Å². The van der Waals surface area contributed by atoms with E-state index in [4.69, 9.17) is 9.29 Å². The van der Waals surface area contributed by atoms with Gasteiger partial charge in [-0.25, -0.2) is 9.59 Å². The molecule has 1 aromatic carbocycles. The second-order valence-electron chi connectivity index (χ2n) is 5.60. The number of hydroxylamine groups is 2. The fraction of sp³-hybridized carbons (Fsp3) is 0.429. The summed E-state index contributed by atoms with van der Waals surface area (Å²) in [5, 5.41) is 0.597. The molecule has 1 aromatic rings. The van der Waals surface area contributed by atoms with Crippen LogP contribution in [0.2, 0.25) is 0 Å². The van der Waals surface area contributed by atoms with Gasteiger partial charge in [-0.05, 0) is 18.4 Å². The van der Waals surface area contributed by atoms with Crippen LogP contribution >= 0.6 is 0 Å². The van der Waals surface area contributed by atoms with E-state index in [9.17, 15) is 18.0 Å². The van der Waals surface area contributed by atoms with Gasteiger partial charge in [-0.1, -0.05) is 30.3 Å². The number of nitrogens with zero attached hydrogens (tertiary/aromatic N) is 2. The monoisotopic (exact) mass is 356 g/mol. The second kappa shape index (κ2) is 6.38. The van der Waals surface area contributed by atoms with Gasteiger partial charge in [0, 0.05) is 6.54 Å². The molecule has 0 aromatic heterocycles. The number of hydrogen-bond acceptors (Lipinski definition) is 6. The molecule has 2 saturated heterocycles. The Labute approximate surface area is 138 Å². The Bertz CT molecular complexity index is 737. The lowest BCUT2D eigenvalue weighted by Crippen LogP contribution is -2.45. The molecular weight excluding hydrogens is 340 g/mol. The van der Waals surface area contributed by atoms with Crippen LogP contribution in [0, 0.1) is 0 Å². The lowest BCUT2D eigenvalue weighted by atomic mass is 10.0. The molecule has 1 N–H and O–H groups in total. The smallest absolute Gasteiger partial charge is 0.418 e. The average Bonchev–Trinajstić information content (AvgIpc) is 2.77. The first kappa shape index (κ1) is 16.7. The van der Waals surface area contributed by atoms with Gasteiger partial charge in [0.05, 0.1) is 6.04 Å². The molecule has 0 radical (unpaired) electrons. The summed E-state index contributed by atoms with van der Waals surface area (Å²) in [6.07, 6.45) is 0.693. The van der Waals surface area contributed by atoms with Crippen molar-refractivity contribution in [3.63, 3.8) is 0 Å². The summed E-state index contributed by atoms with van der Waals surface area (Å²) in [6.45, 7) is 0.228. The van der Waals surface area contributed by atoms with E-state index < -0.39 is 34.5 Å². The van der Waals surface area contributed by atoms with Gasteiger partial charge < -0.3 is 9.64 Å². The maximum absolute atomic E-state index is 12.3. The third kappa shape index (κ3) is 3.50. The maximum Gasteiger partial charge on any atom is 0.418 e. The summed E-state index contributed by atoms with van der Waals surface area (Å²) in [5.41, 5.74) is 0.823. The topological polar surface area (TPSA) is 113 Å². The maximum atomic E-state index is 12.3. The highest BCUT2D eigenvalue weighted by molar-refractivity contribution is 7.80. The van der Waals surface area contributed by atoms with Crippen molar-refractivity contribution in [3.05, 3.63) is 35.9 Å². The molecule has 2 fully saturated rings. The molecule has 2 aliphatic heterocycles. The summed E-state index contributed by atoms with van der Waals surface area (Å²) >= 11 is 0. The van der Waals surface area contributed by atoms with E-state index >= 15 is 0 Å². The largest absolute Gasteiger partial charge is 0.459 e. The number of hydrogen-bond donors (Lipinski definition) is 1. The van der Waals surface area contributed by atoms with Crippen LogP contribution in [0.3, 0.4) is 0 Å². The number of esters is 1. The van der Waals surface area contributed by atoms with Crippen molar-refractivity contribution >= 4 is 22.4 Å². The highest BCUT2D eigenvalue weighted by atomic mass is 32.3. The van der Waals surface area contributed by atoms with Gasteiger partial charge >= 0.3 is 22.4 Å². The van der Waals surface area contributed by atoms with Gasteiger partial charge in [-0.15, -0.1) is 4.28 Å². The molecule has 9 nitrogen and oxygen atoms in total. The van der Waals surface area contributed by atoms with Gasteiger partial charge in [0.2, 0.25) is 0 Å². The minimum atomic E-state index is -4.80. The first-order valence-electron chi connectivity index (χ1n) is 7.32. The number of benzene rings is 1. The minimum Gasteiger partial charge on any atom is -0.459 e. The number of carbonyl (C=O) groups is 2. The van der Waals surface area contributed by atoms with Gasteiger partial charge in [0.15, 0.2) is 0 Å². The van der Waals surface area contributed by atoms with E-state index in [1.807, 2.05) is 30.3 Å². The average molecular weight is 356 g/mol. The summed E-state index contributed by atoms with van der Waals surface area (Å²) in [4.78, 5) is 25.7. The number of urea groups is 1. The van der Waals surface area contributed by atoms with Gasteiger partial charge in [-0.3, -0.25) is 4.55 Å². The Kier molecular flexibility index (Phi) is 4.43. The van der Waals surface area contributed by atoms with Crippen LogP contribution in [-0.4, -0.2) is 53.6 Å². The second-order valence-corrected chi connectivity index (χ2v) is 6.61. The van der Waals surface area contributed by atoms with Crippen molar-refractivity contribution in [2.75, 3.05) is 6.54 Å². The Morgan fingerprint density at radius 3 is 2.62 bits per heavy atom. The predicted molar refractivity (Wildman–Crippen MR) is 79.6 cm³/mol. The number of ether oxygens (including phenoxy) is 1. The summed E-state index contributed by atoms with van der Waals surface area (Å²) in [5.74, 6) is -0.556. The Morgan fingerprint density at radius 2 is 1.96 bits per heavy atom. The number of amides is 2. The molecule has 1 unspecified atom stereocenters. The molecule has 2 heterocycles. The van der Waals surface area contributed by atoms with Gasteiger partial charge in [-0.2, -0.15) is 13.5 Å². The zero-order valence-corrected chi connectivity index (χ0v) is 13.4. The van der Waals surface area contributed by atoms with Gasteiger partial charge in [0.25, 0.3) is 0 Å². The van der Waals surface area contributed by atoms with E-state index in [2.05, 4.69) is 4.28 Å². The van der Waals surface area contributed by atoms with Crippen molar-refractivity contribution in [1.29, 1.82) is 0 Å². The van der Waals surface area contributed by atoms with Crippen LogP contribution in [0.4, 0.5) is 4.79 Å². The van der Waals surface area contributed by atoms with Crippen LogP contribution in [0.1, 0.15) is 18.4 Å². The van der Waals surface area contributed by atoms with Crippen molar-refractivity contribution in [2.24, 2.45) is 0 Å². The normalized spacial score (nSPS) is 23.5. The highest BCUT2D eigenvalue weighted by Gasteiger charge is 2.49. The molecule has 2 amide bonds. The standard InChI is InChI=1S/C14H16N2O7S/c17-13(22-9-10-4-2-1-3-5-10)12-7-6-11-8-15(12)14(18)16(11)23-24(19,20)21/h1-5,11-12H,6-9H2,(H,19,20,21)/t11-,12?/m1/s1. The zero-order valence-electron chi connectivity index (χ0n) is 12.6. The summed E-state index contributed by atoms with van der Waals surface area (Å²) in [7, 11) is -4.80. The van der Waals surface area contributed by atoms with E-state index in [1.54, 1.807) is 0 Å². The Balaban J connectivity index is 1.64. The first-order valence-corrected chi connectivity index (χ1v) is 8.69.